The van der Waals surface area contributed by atoms with E-state index in [1.165, 1.54) is 12.8 Å². The lowest BCUT2D eigenvalue weighted by Crippen LogP contribution is -2.33. The molecule has 0 bridgehead atoms. The molecule has 0 aromatic carbocycles. The van der Waals surface area contributed by atoms with Gasteiger partial charge in [-0.15, -0.1) is 0 Å². The number of aromatic nitrogens is 1. The average molecular weight is 312 g/mol. The zero-order chi connectivity index (χ0) is 15.2. The highest BCUT2D eigenvalue weighted by Gasteiger charge is 2.17. The molecular formula is C14H22ClN5O. The smallest absolute Gasteiger partial charge is 0.271 e. The summed E-state index contributed by atoms with van der Waals surface area (Å²) in [6, 6.07) is 3.23. The molecule has 1 fully saturated rings. The average Bonchev–Trinajstić information content (AvgIpc) is 2.49. The molecule has 0 saturated carbocycles. The summed E-state index contributed by atoms with van der Waals surface area (Å²) in [4.78, 5) is 18.5. The van der Waals surface area contributed by atoms with Crippen molar-refractivity contribution in [1.82, 2.24) is 15.2 Å². The third-order valence-electron chi connectivity index (χ3n) is 3.89. The van der Waals surface area contributed by atoms with Gasteiger partial charge in [0.15, 0.2) is 0 Å². The summed E-state index contributed by atoms with van der Waals surface area (Å²) in [6.07, 6.45) is 3.38. The van der Waals surface area contributed by atoms with E-state index < -0.39 is 0 Å². The van der Waals surface area contributed by atoms with Gasteiger partial charge in [0, 0.05) is 6.54 Å². The van der Waals surface area contributed by atoms with E-state index in [9.17, 15) is 4.79 Å². The second kappa shape index (κ2) is 7.59. The number of carbonyl (C=O) groups is 1. The number of hydrazine groups is 1. The Hall–Kier alpha value is -1.37. The fourth-order valence-corrected chi connectivity index (χ4v) is 2.70. The van der Waals surface area contributed by atoms with Crippen LogP contribution >= 0.6 is 11.6 Å². The van der Waals surface area contributed by atoms with Crippen LogP contribution in [0.25, 0.3) is 0 Å². The summed E-state index contributed by atoms with van der Waals surface area (Å²) in [6.45, 7) is 2.91. The molecule has 21 heavy (non-hydrogen) atoms. The predicted molar refractivity (Wildman–Crippen MR) is 84.2 cm³/mol. The Morgan fingerprint density at radius 1 is 1.48 bits per heavy atom. The second-order valence-corrected chi connectivity index (χ2v) is 5.87. The molecule has 0 atom stereocenters. The largest absolute Gasteiger partial charge is 0.351 e. The van der Waals surface area contributed by atoms with Crippen molar-refractivity contribution in [2.45, 2.75) is 19.3 Å². The number of hydrogen-bond donors (Lipinski definition) is 3. The molecule has 1 aromatic heterocycles. The van der Waals surface area contributed by atoms with Crippen LogP contribution in [0.2, 0.25) is 5.02 Å². The molecular weight excluding hydrogens is 290 g/mol. The summed E-state index contributed by atoms with van der Waals surface area (Å²) < 4.78 is 0. The Bertz CT molecular complexity index is 488. The van der Waals surface area contributed by atoms with Crippen LogP contribution in [0, 0.1) is 5.92 Å². The van der Waals surface area contributed by atoms with Crippen LogP contribution in [-0.4, -0.2) is 42.5 Å². The molecule has 0 aliphatic carbocycles. The normalized spacial score (nSPS) is 16.7. The number of nitrogens with two attached hydrogens (primary N) is 1. The van der Waals surface area contributed by atoms with E-state index in [-0.39, 0.29) is 11.6 Å². The quantitative estimate of drug-likeness (QED) is 0.567. The fraction of sp³-hybridized carbons (Fsp3) is 0.571. The van der Waals surface area contributed by atoms with Crippen LogP contribution in [0.3, 0.4) is 0 Å². The number of nitrogen functional groups attached to an aromatic ring is 1. The van der Waals surface area contributed by atoms with Gasteiger partial charge in [0.05, 0.1) is 5.02 Å². The van der Waals surface area contributed by atoms with Crippen molar-refractivity contribution in [3.8, 4) is 0 Å². The van der Waals surface area contributed by atoms with Gasteiger partial charge in [0.25, 0.3) is 5.91 Å². The standard InChI is InChI=1S/C14H22ClN5O/c1-20-8-5-10(6-9-20)4-7-17-14(21)13-11(15)2-3-12(18-13)19-16/h2-3,10H,4-9,16H2,1H3,(H,17,21)(H,18,19). The molecule has 2 heterocycles. The molecule has 1 aliphatic heterocycles. The second-order valence-electron chi connectivity index (χ2n) is 5.46. The minimum Gasteiger partial charge on any atom is -0.351 e. The van der Waals surface area contributed by atoms with Gasteiger partial charge in [0.2, 0.25) is 0 Å². The van der Waals surface area contributed by atoms with Gasteiger partial charge < -0.3 is 15.6 Å². The van der Waals surface area contributed by atoms with Crippen molar-refractivity contribution < 1.29 is 4.79 Å². The number of hydrogen-bond acceptors (Lipinski definition) is 5. The van der Waals surface area contributed by atoms with Crippen molar-refractivity contribution in [2.75, 3.05) is 32.1 Å². The van der Waals surface area contributed by atoms with E-state index >= 15 is 0 Å². The summed E-state index contributed by atoms with van der Waals surface area (Å²) in [5.41, 5.74) is 2.61. The topological polar surface area (TPSA) is 83.3 Å². The van der Waals surface area contributed by atoms with Gasteiger partial charge in [-0.2, -0.15) is 0 Å². The fourth-order valence-electron chi connectivity index (χ4n) is 2.51. The monoisotopic (exact) mass is 311 g/mol. The number of carbonyl (C=O) groups excluding carboxylic acids is 1. The van der Waals surface area contributed by atoms with Crippen molar-refractivity contribution in [1.29, 1.82) is 0 Å². The number of likely N-dealkylation sites (tertiary alicyclic amines) is 1. The van der Waals surface area contributed by atoms with Gasteiger partial charge >= 0.3 is 0 Å². The molecule has 1 aliphatic rings. The number of nitrogens with one attached hydrogen (secondary N) is 2. The van der Waals surface area contributed by atoms with E-state index in [4.69, 9.17) is 17.4 Å². The Balaban J connectivity index is 1.82. The molecule has 4 N–H and O–H groups in total. The van der Waals surface area contributed by atoms with E-state index in [1.54, 1.807) is 12.1 Å². The number of piperidine rings is 1. The van der Waals surface area contributed by atoms with E-state index in [1.807, 2.05) is 0 Å². The third-order valence-corrected chi connectivity index (χ3v) is 4.19. The molecule has 116 valence electrons. The molecule has 6 nitrogen and oxygen atoms in total. The lowest BCUT2D eigenvalue weighted by molar-refractivity contribution is 0.0944. The van der Waals surface area contributed by atoms with Gasteiger partial charge in [-0.1, -0.05) is 11.6 Å². The van der Waals surface area contributed by atoms with E-state index in [0.717, 1.165) is 19.5 Å². The Morgan fingerprint density at radius 2 is 2.19 bits per heavy atom. The summed E-state index contributed by atoms with van der Waals surface area (Å²) >= 11 is 5.99. The lowest BCUT2D eigenvalue weighted by atomic mass is 9.94. The van der Waals surface area contributed by atoms with Crippen molar-refractivity contribution in [3.05, 3.63) is 22.8 Å². The van der Waals surface area contributed by atoms with Crippen LogP contribution in [0.5, 0.6) is 0 Å². The number of pyridine rings is 1. The lowest BCUT2D eigenvalue weighted by Gasteiger charge is -2.28. The highest BCUT2D eigenvalue weighted by atomic mass is 35.5. The molecule has 1 amide bonds. The first-order chi connectivity index (χ1) is 10.1. The Kier molecular flexibility index (Phi) is 5.78. The highest BCUT2D eigenvalue weighted by molar-refractivity contribution is 6.33. The van der Waals surface area contributed by atoms with E-state index in [0.29, 0.717) is 23.3 Å². The number of nitrogens with zero attached hydrogens (tertiary/aromatic N) is 2. The molecule has 1 aromatic rings. The maximum Gasteiger partial charge on any atom is 0.271 e. The van der Waals surface area contributed by atoms with Crippen LogP contribution in [0.1, 0.15) is 29.8 Å². The SMILES string of the molecule is CN1CCC(CCNC(=O)c2nc(NN)ccc2Cl)CC1. The van der Waals surface area contributed by atoms with Gasteiger partial charge in [-0.3, -0.25) is 4.79 Å². The van der Waals surface area contributed by atoms with Gasteiger partial charge in [0.1, 0.15) is 11.5 Å². The highest BCUT2D eigenvalue weighted by Crippen LogP contribution is 2.19. The van der Waals surface area contributed by atoms with E-state index in [2.05, 4.69) is 27.7 Å². The Morgan fingerprint density at radius 3 is 2.86 bits per heavy atom. The summed E-state index contributed by atoms with van der Waals surface area (Å²) in [5.74, 6) is 6.13. The number of anilines is 1. The number of halogens is 1. The van der Waals surface area contributed by atoms with Crippen molar-refractivity contribution in [3.63, 3.8) is 0 Å². The molecule has 7 heteroatoms. The van der Waals surface area contributed by atoms with Crippen molar-refractivity contribution in [2.24, 2.45) is 11.8 Å². The van der Waals surface area contributed by atoms with Crippen LogP contribution in [-0.2, 0) is 0 Å². The first-order valence-electron chi connectivity index (χ1n) is 7.20. The third kappa shape index (κ3) is 4.56. The van der Waals surface area contributed by atoms with Crippen LogP contribution in [0.15, 0.2) is 12.1 Å². The van der Waals surface area contributed by atoms with Gasteiger partial charge in [-0.05, 0) is 57.5 Å². The summed E-state index contributed by atoms with van der Waals surface area (Å²) in [5, 5.41) is 3.21. The van der Waals surface area contributed by atoms with Crippen LogP contribution in [0.4, 0.5) is 5.82 Å². The first kappa shape index (κ1) is 16.0. The predicted octanol–water partition coefficient (Wildman–Crippen LogP) is 1.48. The Labute approximate surface area is 130 Å². The zero-order valence-electron chi connectivity index (χ0n) is 12.2. The maximum absolute atomic E-state index is 12.1. The molecule has 1 saturated heterocycles. The zero-order valence-corrected chi connectivity index (χ0v) is 13.0. The molecule has 2 rings (SSSR count). The molecule has 0 unspecified atom stereocenters. The molecule has 0 radical (unpaired) electrons. The first-order valence-corrected chi connectivity index (χ1v) is 7.58. The van der Waals surface area contributed by atoms with Crippen LogP contribution < -0.4 is 16.6 Å². The maximum atomic E-state index is 12.1. The number of amides is 1. The number of rotatable bonds is 5. The molecule has 0 spiro atoms. The minimum atomic E-state index is -0.259. The van der Waals surface area contributed by atoms with Crippen molar-refractivity contribution >= 4 is 23.3 Å². The summed E-state index contributed by atoms with van der Waals surface area (Å²) in [7, 11) is 2.14. The van der Waals surface area contributed by atoms with Gasteiger partial charge in [-0.25, -0.2) is 10.8 Å². The minimum absolute atomic E-state index is 0.204.